The van der Waals surface area contributed by atoms with Crippen LogP contribution < -0.4 is 11.1 Å². The Labute approximate surface area is 139 Å². The van der Waals surface area contributed by atoms with E-state index in [1.54, 1.807) is 12.1 Å². The van der Waals surface area contributed by atoms with Gasteiger partial charge >= 0.3 is 0 Å². The van der Waals surface area contributed by atoms with E-state index in [-0.39, 0.29) is 18.4 Å². The molecule has 8 heteroatoms. The molecule has 1 fully saturated rings. The van der Waals surface area contributed by atoms with Crippen LogP contribution in [0.5, 0.6) is 0 Å². The Morgan fingerprint density at radius 1 is 1.25 bits per heavy atom. The normalized spacial score (nSPS) is 18.5. The summed E-state index contributed by atoms with van der Waals surface area (Å²) in [5.74, 6) is 1.04. The van der Waals surface area contributed by atoms with Gasteiger partial charge in [0.1, 0.15) is 11.6 Å². The molecular weight excluding hydrogens is 311 g/mol. The number of nitrogens with zero attached hydrogens (tertiary/aromatic N) is 4. The summed E-state index contributed by atoms with van der Waals surface area (Å²) in [6, 6.07) is 5.92. The lowest BCUT2D eigenvalue weighted by atomic mass is 9.99. The summed E-state index contributed by atoms with van der Waals surface area (Å²) in [5.41, 5.74) is 6.45. The minimum atomic E-state index is -0.306. The Bertz CT molecular complexity index is 681. The Morgan fingerprint density at radius 3 is 2.79 bits per heavy atom. The molecule has 1 aliphatic heterocycles. The molecule has 1 atom stereocenters. The van der Waals surface area contributed by atoms with Gasteiger partial charge in [0, 0.05) is 18.8 Å². The largest absolute Gasteiger partial charge is 0.396 e. The number of piperidine rings is 1. The predicted molar refractivity (Wildman–Crippen MR) is 89.0 cm³/mol. The molecule has 0 saturated carbocycles. The summed E-state index contributed by atoms with van der Waals surface area (Å²) in [7, 11) is 0. The van der Waals surface area contributed by atoms with Crippen molar-refractivity contribution in [1.82, 2.24) is 19.9 Å². The number of hydrogen-bond acceptors (Lipinski definition) is 7. The van der Waals surface area contributed by atoms with Gasteiger partial charge in [-0.3, -0.25) is 4.90 Å². The molecule has 128 valence electrons. The summed E-state index contributed by atoms with van der Waals surface area (Å²) < 4.78 is 13.0. The molecule has 1 unspecified atom stereocenters. The Kier molecular flexibility index (Phi) is 5.17. The number of halogens is 1. The molecule has 0 bridgehead atoms. The zero-order chi connectivity index (χ0) is 16.9. The lowest BCUT2D eigenvalue weighted by molar-refractivity contribution is 0.114. The van der Waals surface area contributed by atoms with E-state index in [9.17, 15) is 9.50 Å². The molecule has 0 radical (unpaired) electrons. The first kappa shape index (κ1) is 16.5. The first-order valence-corrected chi connectivity index (χ1v) is 7.98. The number of nitrogens with two attached hydrogens (primary N) is 1. The van der Waals surface area contributed by atoms with Gasteiger partial charge in [0.05, 0.1) is 6.54 Å². The third-order valence-electron chi connectivity index (χ3n) is 4.03. The molecule has 3 rings (SSSR count). The van der Waals surface area contributed by atoms with Crippen molar-refractivity contribution in [2.45, 2.75) is 19.4 Å². The molecule has 4 N–H and O–H groups in total. The van der Waals surface area contributed by atoms with Crippen molar-refractivity contribution in [2.24, 2.45) is 5.92 Å². The van der Waals surface area contributed by atoms with Crippen LogP contribution in [0.15, 0.2) is 24.3 Å². The third-order valence-corrected chi connectivity index (χ3v) is 4.03. The highest BCUT2D eigenvalue weighted by Crippen LogP contribution is 2.18. The van der Waals surface area contributed by atoms with Gasteiger partial charge in [0.25, 0.3) is 0 Å². The Morgan fingerprint density at radius 2 is 2.04 bits per heavy atom. The molecule has 7 nitrogen and oxygen atoms in total. The molecule has 1 aromatic heterocycles. The molecule has 0 spiro atoms. The number of aliphatic hydroxyl groups excluding tert-OH is 1. The van der Waals surface area contributed by atoms with Gasteiger partial charge in [0.2, 0.25) is 11.9 Å². The van der Waals surface area contributed by atoms with Crippen molar-refractivity contribution >= 4 is 17.6 Å². The predicted octanol–water partition coefficient (Wildman–Crippen LogP) is 1.54. The van der Waals surface area contributed by atoms with E-state index in [2.05, 4.69) is 25.2 Å². The first-order chi connectivity index (χ1) is 11.6. The van der Waals surface area contributed by atoms with Gasteiger partial charge < -0.3 is 16.2 Å². The third kappa shape index (κ3) is 4.36. The zero-order valence-corrected chi connectivity index (χ0v) is 13.3. The number of rotatable bonds is 5. The van der Waals surface area contributed by atoms with Gasteiger partial charge in [-0.05, 0) is 49.6 Å². The molecule has 1 saturated heterocycles. The number of nitrogens with one attached hydrogen (secondary N) is 1. The number of benzene rings is 1. The van der Waals surface area contributed by atoms with Crippen molar-refractivity contribution < 1.29 is 9.50 Å². The van der Waals surface area contributed by atoms with Crippen molar-refractivity contribution in [2.75, 3.05) is 30.7 Å². The highest BCUT2D eigenvalue weighted by atomic mass is 19.1. The van der Waals surface area contributed by atoms with E-state index >= 15 is 0 Å². The summed E-state index contributed by atoms with van der Waals surface area (Å²) in [5, 5.41) is 12.3. The van der Waals surface area contributed by atoms with Crippen molar-refractivity contribution in [1.29, 1.82) is 0 Å². The maximum Gasteiger partial charge on any atom is 0.232 e. The van der Waals surface area contributed by atoms with Crippen LogP contribution in [-0.2, 0) is 6.54 Å². The summed E-state index contributed by atoms with van der Waals surface area (Å²) >= 11 is 0. The minimum Gasteiger partial charge on any atom is -0.396 e. The minimum absolute atomic E-state index is 0.139. The second-order valence-corrected chi connectivity index (χ2v) is 5.99. The monoisotopic (exact) mass is 332 g/mol. The molecule has 0 amide bonds. The highest BCUT2D eigenvalue weighted by molar-refractivity contribution is 5.53. The summed E-state index contributed by atoms with van der Waals surface area (Å²) in [6.07, 6.45) is 2.09. The van der Waals surface area contributed by atoms with Crippen LogP contribution in [0.3, 0.4) is 0 Å². The number of nitrogen functional groups attached to an aromatic ring is 1. The van der Waals surface area contributed by atoms with Crippen molar-refractivity contribution in [3.05, 3.63) is 35.9 Å². The summed E-state index contributed by atoms with van der Waals surface area (Å²) in [6.45, 7) is 2.53. The first-order valence-electron chi connectivity index (χ1n) is 7.98. The average Bonchev–Trinajstić information content (AvgIpc) is 2.56. The van der Waals surface area contributed by atoms with Crippen LogP contribution in [0.1, 0.15) is 18.7 Å². The Hall–Kier alpha value is -2.32. The second-order valence-electron chi connectivity index (χ2n) is 5.99. The van der Waals surface area contributed by atoms with E-state index in [1.165, 1.54) is 12.1 Å². The van der Waals surface area contributed by atoms with Crippen molar-refractivity contribution in [3.8, 4) is 0 Å². The molecule has 2 heterocycles. The fourth-order valence-corrected chi connectivity index (χ4v) is 2.87. The standard InChI is InChI=1S/C16H21FN6O/c17-12-3-5-13(6-4-12)19-16-21-14(20-15(18)22-16)9-23-7-1-2-11(8-23)10-24/h3-6,11,24H,1-2,7-10H2,(H3,18,19,20,21,22). The topological polar surface area (TPSA) is 100 Å². The van der Waals surface area contributed by atoms with Gasteiger partial charge in [-0.1, -0.05) is 0 Å². The molecule has 1 aromatic carbocycles. The van der Waals surface area contributed by atoms with E-state index in [4.69, 9.17) is 5.73 Å². The second kappa shape index (κ2) is 7.50. The maximum atomic E-state index is 13.0. The SMILES string of the molecule is Nc1nc(CN2CCCC(CO)C2)nc(Nc2ccc(F)cc2)n1. The molecule has 1 aliphatic rings. The fourth-order valence-electron chi connectivity index (χ4n) is 2.87. The van der Waals surface area contributed by atoms with Crippen LogP contribution in [0.4, 0.5) is 22.0 Å². The lowest BCUT2D eigenvalue weighted by Gasteiger charge is -2.31. The van der Waals surface area contributed by atoms with E-state index in [0.29, 0.717) is 29.9 Å². The van der Waals surface area contributed by atoms with E-state index in [1.807, 2.05) is 0 Å². The average molecular weight is 332 g/mol. The fraction of sp³-hybridized carbons (Fsp3) is 0.438. The van der Waals surface area contributed by atoms with Gasteiger partial charge in [-0.15, -0.1) is 0 Å². The quantitative estimate of drug-likeness (QED) is 0.763. The smallest absolute Gasteiger partial charge is 0.232 e. The van der Waals surface area contributed by atoms with E-state index in [0.717, 1.165) is 25.9 Å². The van der Waals surface area contributed by atoms with Gasteiger partial charge in [-0.25, -0.2) is 4.39 Å². The van der Waals surface area contributed by atoms with Crippen LogP contribution in [0.2, 0.25) is 0 Å². The number of aliphatic hydroxyl groups is 1. The zero-order valence-electron chi connectivity index (χ0n) is 13.3. The van der Waals surface area contributed by atoms with Crippen LogP contribution in [-0.4, -0.2) is 44.7 Å². The maximum absolute atomic E-state index is 13.0. The van der Waals surface area contributed by atoms with Gasteiger partial charge in [-0.2, -0.15) is 15.0 Å². The van der Waals surface area contributed by atoms with E-state index < -0.39 is 0 Å². The highest BCUT2D eigenvalue weighted by Gasteiger charge is 2.20. The number of hydrogen-bond donors (Lipinski definition) is 3. The molecular formula is C16H21FN6O. The molecule has 2 aromatic rings. The molecule has 0 aliphatic carbocycles. The Balaban J connectivity index is 1.70. The van der Waals surface area contributed by atoms with Crippen LogP contribution >= 0.6 is 0 Å². The van der Waals surface area contributed by atoms with Crippen LogP contribution in [0.25, 0.3) is 0 Å². The number of anilines is 3. The van der Waals surface area contributed by atoms with Crippen molar-refractivity contribution in [3.63, 3.8) is 0 Å². The number of likely N-dealkylation sites (tertiary alicyclic amines) is 1. The number of aromatic nitrogens is 3. The molecule has 24 heavy (non-hydrogen) atoms. The summed E-state index contributed by atoms with van der Waals surface area (Å²) in [4.78, 5) is 14.8. The van der Waals surface area contributed by atoms with Crippen LogP contribution in [0, 0.1) is 11.7 Å². The lowest BCUT2D eigenvalue weighted by Crippen LogP contribution is -2.36. The van der Waals surface area contributed by atoms with Gasteiger partial charge in [0.15, 0.2) is 0 Å².